The molecule has 0 aliphatic heterocycles. The molecule has 2 heterocycles. The van der Waals surface area contributed by atoms with Gasteiger partial charge < -0.3 is 11.1 Å². The van der Waals surface area contributed by atoms with Crippen LogP contribution in [0, 0.1) is 12.3 Å². The first-order valence-corrected chi connectivity index (χ1v) is 7.44. The van der Waals surface area contributed by atoms with Gasteiger partial charge in [-0.15, -0.1) is 17.8 Å². The summed E-state index contributed by atoms with van der Waals surface area (Å²) < 4.78 is 0. The number of carbonyl (C=O) groups is 1. The Morgan fingerprint density at radius 3 is 3.10 bits per heavy atom. The maximum absolute atomic E-state index is 12.0. The van der Waals surface area contributed by atoms with Gasteiger partial charge in [-0.05, 0) is 37.3 Å². The molecule has 102 valence electrons. The summed E-state index contributed by atoms with van der Waals surface area (Å²) in [7, 11) is 0. The van der Waals surface area contributed by atoms with Crippen LogP contribution in [0.15, 0.2) is 6.07 Å². The van der Waals surface area contributed by atoms with Gasteiger partial charge in [0.15, 0.2) is 0 Å². The number of pyridine rings is 1. The van der Waals surface area contributed by atoms with Crippen LogP contribution >= 0.6 is 11.3 Å². The van der Waals surface area contributed by atoms with E-state index in [1.165, 1.54) is 29.7 Å². The molecule has 2 aromatic heterocycles. The molecule has 1 amide bonds. The second kappa shape index (κ2) is 5.14. The lowest BCUT2D eigenvalue weighted by Gasteiger charge is -2.14. The van der Waals surface area contributed by atoms with Gasteiger partial charge in [-0.2, -0.15) is 0 Å². The van der Waals surface area contributed by atoms with Crippen molar-refractivity contribution in [2.45, 2.75) is 25.7 Å². The average Bonchev–Trinajstić information content (AvgIpc) is 2.79. The van der Waals surface area contributed by atoms with Gasteiger partial charge in [-0.1, -0.05) is 5.92 Å². The van der Waals surface area contributed by atoms with E-state index >= 15 is 0 Å². The van der Waals surface area contributed by atoms with Crippen molar-refractivity contribution in [2.24, 2.45) is 0 Å². The SMILES string of the molecule is C#CCNC(=O)c1sc2nc3c(cc2c1N)CCCC3. The van der Waals surface area contributed by atoms with Crippen molar-refractivity contribution in [1.29, 1.82) is 0 Å². The maximum atomic E-state index is 12.0. The molecule has 1 aliphatic rings. The van der Waals surface area contributed by atoms with E-state index < -0.39 is 0 Å². The van der Waals surface area contributed by atoms with Crippen LogP contribution in [-0.4, -0.2) is 17.4 Å². The highest BCUT2D eigenvalue weighted by Crippen LogP contribution is 2.35. The second-order valence-electron chi connectivity index (χ2n) is 4.89. The lowest BCUT2D eigenvalue weighted by Crippen LogP contribution is -2.23. The first-order chi connectivity index (χ1) is 9.70. The summed E-state index contributed by atoms with van der Waals surface area (Å²) in [5, 5.41) is 3.54. The van der Waals surface area contributed by atoms with Gasteiger partial charge in [0.1, 0.15) is 9.71 Å². The van der Waals surface area contributed by atoms with Crippen LogP contribution in [-0.2, 0) is 12.8 Å². The predicted molar refractivity (Wildman–Crippen MR) is 81.8 cm³/mol. The highest BCUT2D eigenvalue weighted by Gasteiger charge is 2.19. The third kappa shape index (κ3) is 2.12. The molecule has 0 spiro atoms. The number of nitrogen functional groups attached to an aromatic ring is 1. The number of aromatic nitrogens is 1. The Labute approximate surface area is 121 Å². The summed E-state index contributed by atoms with van der Waals surface area (Å²) in [6.07, 6.45) is 9.59. The zero-order valence-corrected chi connectivity index (χ0v) is 11.8. The van der Waals surface area contributed by atoms with Crippen molar-refractivity contribution in [3.63, 3.8) is 0 Å². The minimum atomic E-state index is -0.221. The molecule has 0 radical (unpaired) electrons. The van der Waals surface area contributed by atoms with Gasteiger partial charge >= 0.3 is 0 Å². The van der Waals surface area contributed by atoms with Gasteiger partial charge in [-0.25, -0.2) is 4.98 Å². The van der Waals surface area contributed by atoms with Gasteiger partial charge in [0.05, 0.1) is 12.2 Å². The van der Waals surface area contributed by atoms with E-state index in [2.05, 4.69) is 22.3 Å². The van der Waals surface area contributed by atoms with Crippen LogP contribution < -0.4 is 11.1 Å². The summed E-state index contributed by atoms with van der Waals surface area (Å²) in [6.45, 7) is 0.205. The molecule has 5 heteroatoms. The van der Waals surface area contributed by atoms with Crippen LogP contribution in [0.25, 0.3) is 10.2 Å². The fourth-order valence-corrected chi connectivity index (χ4v) is 3.55. The zero-order chi connectivity index (χ0) is 14.1. The molecule has 0 aromatic carbocycles. The Balaban J connectivity index is 2.06. The van der Waals surface area contributed by atoms with Gasteiger partial charge in [-0.3, -0.25) is 4.79 Å². The van der Waals surface area contributed by atoms with Gasteiger partial charge in [0, 0.05) is 11.1 Å². The van der Waals surface area contributed by atoms with Crippen molar-refractivity contribution >= 4 is 33.1 Å². The van der Waals surface area contributed by atoms with Crippen LogP contribution in [0.4, 0.5) is 5.69 Å². The number of hydrogen-bond acceptors (Lipinski definition) is 4. The third-order valence-electron chi connectivity index (χ3n) is 3.56. The minimum absolute atomic E-state index is 0.205. The van der Waals surface area contributed by atoms with Gasteiger partial charge in [0.25, 0.3) is 5.91 Å². The Morgan fingerprint density at radius 1 is 1.50 bits per heavy atom. The lowest BCUT2D eigenvalue weighted by molar-refractivity contribution is 0.0963. The highest BCUT2D eigenvalue weighted by molar-refractivity contribution is 7.21. The normalized spacial score (nSPS) is 13.8. The fraction of sp³-hybridized carbons (Fsp3) is 0.333. The van der Waals surface area contributed by atoms with Crippen LogP contribution in [0.3, 0.4) is 0 Å². The number of fused-ring (bicyclic) bond motifs is 2. The predicted octanol–water partition coefficient (Wildman–Crippen LogP) is 2.12. The molecular weight excluding hydrogens is 270 g/mol. The number of rotatable bonds is 2. The standard InChI is InChI=1S/C15H15N3OS/c1-2-7-17-14(19)13-12(16)10-8-9-5-3-4-6-11(9)18-15(10)20-13/h1,8H,3-7,16H2,(H,17,19). The first kappa shape index (κ1) is 12.9. The number of aryl methyl sites for hydroxylation is 2. The zero-order valence-electron chi connectivity index (χ0n) is 11.0. The Kier molecular flexibility index (Phi) is 3.33. The summed E-state index contributed by atoms with van der Waals surface area (Å²) in [6, 6.07) is 2.10. The topological polar surface area (TPSA) is 68.0 Å². The van der Waals surface area contributed by atoms with E-state index in [4.69, 9.17) is 12.2 Å². The van der Waals surface area contributed by atoms with Crippen LogP contribution in [0.1, 0.15) is 33.8 Å². The molecule has 0 atom stereocenters. The van der Waals surface area contributed by atoms with Crippen molar-refractivity contribution in [1.82, 2.24) is 10.3 Å². The molecule has 3 rings (SSSR count). The number of nitrogens with one attached hydrogen (secondary N) is 1. The third-order valence-corrected chi connectivity index (χ3v) is 4.67. The molecule has 3 N–H and O–H groups in total. The number of nitrogens with two attached hydrogens (primary N) is 1. The molecule has 2 aromatic rings. The van der Waals surface area contributed by atoms with Crippen molar-refractivity contribution in [3.8, 4) is 12.3 Å². The Bertz CT molecular complexity index is 727. The van der Waals surface area contributed by atoms with Gasteiger partial charge in [0.2, 0.25) is 0 Å². The number of nitrogens with zero attached hydrogens (tertiary/aromatic N) is 1. The van der Waals surface area contributed by atoms with Crippen LogP contribution in [0.2, 0.25) is 0 Å². The molecule has 0 saturated carbocycles. The van der Waals surface area contributed by atoms with E-state index in [0.29, 0.717) is 10.6 Å². The fourth-order valence-electron chi connectivity index (χ4n) is 2.54. The first-order valence-electron chi connectivity index (χ1n) is 6.63. The smallest absolute Gasteiger partial charge is 0.264 e. The molecule has 0 fully saturated rings. The number of hydrogen-bond donors (Lipinski definition) is 2. The molecule has 20 heavy (non-hydrogen) atoms. The second-order valence-corrected chi connectivity index (χ2v) is 5.88. The van der Waals surface area contributed by atoms with E-state index in [-0.39, 0.29) is 12.5 Å². The molecule has 4 nitrogen and oxygen atoms in total. The Hall–Kier alpha value is -2.06. The number of thiophene rings is 1. The quantitative estimate of drug-likeness (QED) is 0.831. The molecule has 0 bridgehead atoms. The summed E-state index contributed by atoms with van der Waals surface area (Å²) >= 11 is 1.34. The van der Waals surface area contributed by atoms with Crippen molar-refractivity contribution in [2.75, 3.05) is 12.3 Å². The number of anilines is 1. The number of carbonyl (C=O) groups excluding carboxylic acids is 1. The highest BCUT2D eigenvalue weighted by atomic mass is 32.1. The van der Waals surface area contributed by atoms with Crippen LogP contribution in [0.5, 0.6) is 0 Å². The van der Waals surface area contributed by atoms with Crippen molar-refractivity contribution < 1.29 is 4.79 Å². The minimum Gasteiger partial charge on any atom is -0.397 e. The van der Waals surface area contributed by atoms with E-state index in [1.54, 1.807) is 0 Å². The van der Waals surface area contributed by atoms with E-state index in [0.717, 1.165) is 28.8 Å². The largest absolute Gasteiger partial charge is 0.397 e. The molecule has 1 aliphatic carbocycles. The number of amides is 1. The summed E-state index contributed by atoms with van der Waals surface area (Å²) in [5.41, 5.74) is 9.04. The summed E-state index contributed by atoms with van der Waals surface area (Å²) in [5.74, 6) is 2.16. The Morgan fingerprint density at radius 2 is 2.30 bits per heavy atom. The van der Waals surface area contributed by atoms with E-state index in [1.807, 2.05) is 0 Å². The number of terminal acetylenes is 1. The maximum Gasteiger partial charge on any atom is 0.264 e. The molecular formula is C15H15N3OS. The summed E-state index contributed by atoms with van der Waals surface area (Å²) in [4.78, 5) is 18.0. The average molecular weight is 285 g/mol. The molecule has 0 saturated heterocycles. The molecule has 0 unspecified atom stereocenters. The van der Waals surface area contributed by atoms with E-state index in [9.17, 15) is 4.79 Å². The van der Waals surface area contributed by atoms with Crippen molar-refractivity contribution in [3.05, 3.63) is 22.2 Å². The lowest BCUT2D eigenvalue weighted by atomic mass is 9.95. The monoisotopic (exact) mass is 285 g/mol.